The Morgan fingerprint density at radius 3 is 2.66 bits per heavy atom. The van der Waals surface area contributed by atoms with Crippen molar-refractivity contribution in [1.29, 1.82) is 0 Å². The van der Waals surface area contributed by atoms with E-state index in [1.165, 1.54) is 4.90 Å². The summed E-state index contributed by atoms with van der Waals surface area (Å²) < 4.78 is 0. The van der Waals surface area contributed by atoms with E-state index in [-0.39, 0.29) is 37.1 Å². The van der Waals surface area contributed by atoms with Gasteiger partial charge in [0.2, 0.25) is 17.7 Å². The molecule has 6 nitrogen and oxygen atoms in total. The number of thiophene rings is 1. The van der Waals surface area contributed by atoms with Crippen LogP contribution in [0.2, 0.25) is 0 Å². The van der Waals surface area contributed by atoms with Gasteiger partial charge in [0, 0.05) is 38.8 Å². The van der Waals surface area contributed by atoms with Crippen molar-refractivity contribution in [3.63, 3.8) is 0 Å². The van der Waals surface area contributed by atoms with E-state index >= 15 is 0 Å². The number of rotatable bonds is 7. The number of imide groups is 1. The first-order valence-electron chi connectivity index (χ1n) is 10.5. The molecule has 4 rings (SSSR count). The van der Waals surface area contributed by atoms with Gasteiger partial charge in [0.25, 0.3) is 0 Å². The Morgan fingerprint density at radius 1 is 1.16 bits per heavy atom. The van der Waals surface area contributed by atoms with Gasteiger partial charge in [0.05, 0.1) is 12.0 Å². The summed E-state index contributed by atoms with van der Waals surface area (Å²) in [5.41, 5.74) is 2.25. The summed E-state index contributed by atoms with van der Waals surface area (Å²) in [7, 11) is 1.74. The monoisotopic (exact) mass is 447 g/mol. The van der Waals surface area contributed by atoms with Crippen LogP contribution >= 0.6 is 11.3 Å². The normalized spacial score (nSPS) is 18.2. The van der Waals surface area contributed by atoms with Crippen molar-refractivity contribution in [3.05, 3.63) is 87.9 Å². The highest BCUT2D eigenvalue weighted by Crippen LogP contribution is 2.42. The predicted molar refractivity (Wildman–Crippen MR) is 123 cm³/mol. The predicted octanol–water partition coefficient (Wildman–Crippen LogP) is 3.70. The summed E-state index contributed by atoms with van der Waals surface area (Å²) in [6.45, 7) is 2.53. The fraction of sp³-hybridized carbons (Fsp3) is 0.280. The fourth-order valence-corrected chi connectivity index (χ4v) is 4.99. The first-order valence-corrected chi connectivity index (χ1v) is 11.4. The average molecular weight is 448 g/mol. The zero-order valence-corrected chi connectivity index (χ0v) is 19.0. The molecule has 1 aliphatic rings. The SMILES string of the molecule is Cc1ccccc1[C@@]1(CC(=O)N(C)Cc2ccsc2)CC(=O)N(Cc2cccnc2)C1=O. The van der Waals surface area contributed by atoms with E-state index in [1.807, 2.05) is 54.1 Å². The number of nitrogens with zero attached hydrogens (tertiary/aromatic N) is 3. The van der Waals surface area contributed by atoms with Crippen LogP contribution in [0.1, 0.15) is 35.1 Å². The molecule has 1 aromatic carbocycles. The molecule has 7 heteroatoms. The minimum Gasteiger partial charge on any atom is -0.341 e. The Bertz CT molecular complexity index is 1130. The highest BCUT2D eigenvalue weighted by Gasteiger charge is 2.54. The van der Waals surface area contributed by atoms with Crippen molar-refractivity contribution in [1.82, 2.24) is 14.8 Å². The molecule has 0 spiro atoms. The van der Waals surface area contributed by atoms with Crippen LogP contribution in [0.3, 0.4) is 0 Å². The van der Waals surface area contributed by atoms with Gasteiger partial charge in [-0.15, -0.1) is 0 Å². The van der Waals surface area contributed by atoms with Crippen molar-refractivity contribution < 1.29 is 14.4 Å². The molecule has 1 aliphatic heterocycles. The van der Waals surface area contributed by atoms with Gasteiger partial charge >= 0.3 is 0 Å². The first-order chi connectivity index (χ1) is 15.4. The lowest BCUT2D eigenvalue weighted by Gasteiger charge is -2.30. The lowest BCUT2D eigenvalue weighted by Crippen LogP contribution is -2.42. The summed E-state index contributed by atoms with van der Waals surface area (Å²) >= 11 is 1.58. The third kappa shape index (κ3) is 4.21. The van der Waals surface area contributed by atoms with E-state index in [2.05, 4.69) is 4.98 Å². The van der Waals surface area contributed by atoms with Crippen LogP contribution in [-0.2, 0) is 32.9 Å². The maximum Gasteiger partial charge on any atom is 0.241 e. The molecule has 1 atom stereocenters. The zero-order valence-electron chi connectivity index (χ0n) is 18.2. The third-order valence-electron chi connectivity index (χ3n) is 6.01. The number of carbonyl (C=O) groups is 3. The molecule has 1 saturated heterocycles. The van der Waals surface area contributed by atoms with Gasteiger partial charge < -0.3 is 4.90 Å². The second-order valence-electron chi connectivity index (χ2n) is 8.28. The van der Waals surface area contributed by atoms with Crippen LogP contribution in [0.25, 0.3) is 0 Å². The number of carbonyl (C=O) groups excluding carboxylic acids is 3. The molecule has 3 aromatic rings. The maximum absolute atomic E-state index is 13.8. The molecular weight excluding hydrogens is 422 g/mol. The van der Waals surface area contributed by atoms with Gasteiger partial charge in [-0.25, -0.2) is 0 Å². The number of benzene rings is 1. The molecule has 3 heterocycles. The molecule has 0 saturated carbocycles. The lowest BCUT2D eigenvalue weighted by atomic mass is 9.74. The number of hydrogen-bond acceptors (Lipinski definition) is 5. The fourth-order valence-electron chi connectivity index (χ4n) is 4.33. The molecule has 32 heavy (non-hydrogen) atoms. The molecule has 0 aliphatic carbocycles. The molecule has 164 valence electrons. The Morgan fingerprint density at radius 2 is 1.97 bits per heavy atom. The number of aryl methyl sites for hydroxylation is 1. The Balaban J connectivity index is 1.66. The van der Waals surface area contributed by atoms with Crippen LogP contribution in [-0.4, -0.2) is 39.6 Å². The summed E-state index contributed by atoms with van der Waals surface area (Å²) in [6.07, 6.45) is 3.23. The average Bonchev–Trinajstić information content (AvgIpc) is 3.37. The van der Waals surface area contributed by atoms with Crippen molar-refractivity contribution >= 4 is 29.1 Å². The number of aromatic nitrogens is 1. The van der Waals surface area contributed by atoms with Gasteiger partial charge in [-0.05, 0) is 52.1 Å². The second kappa shape index (κ2) is 9.04. The van der Waals surface area contributed by atoms with E-state index in [9.17, 15) is 14.4 Å². The van der Waals surface area contributed by atoms with E-state index in [4.69, 9.17) is 0 Å². The number of likely N-dealkylation sites (tertiary alicyclic amines) is 1. The highest BCUT2D eigenvalue weighted by atomic mass is 32.1. The van der Waals surface area contributed by atoms with Gasteiger partial charge in [0.15, 0.2) is 0 Å². The third-order valence-corrected chi connectivity index (χ3v) is 6.74. The molecule has 0 N–H and O–H groups in total. The van der Waals surface area contributed by atoms with Gasteiger partial charge in [-0.2, -0.15) is 11.3 Å². The molecule has 1 fully saturated rings. The van der Waals surface area contributed by atoms with Crippen LogP contribution in [0.15, 0.2) is 65.6 Å². The minimum absolute atomic E-state index is 0.0189. The molecule has 0 unspecified atom stereocenters. The smallest absolute Gasteiger partial charge is 0.241 e. The first kappa shape index (κ1) is 21.9. The van der Waals surface area contributed by atoms with Crippen molar-refractivity contribution in [2.45, 2.75) is 38.3 Å². The van der Waals surface area contributed by atoms with Crippen LogP contribution in [0, 0.1) is 6.92 Å². The number of amides is 3. The molecule has 0 radical (unpaired) electrons. The lowest BCUT2D eigenvalue weighted by molar-refractivity contribution is -0.143. The highest BCUT2D eigenvalue weighted by molar-refractivity contribution is 7.07. The Kier molecular flexibility index (Phi) is 6.19. The number of pyridine rings is 1. The van der Waals surface area contributed by atoms with Crippen LogP contribution in [0.5, 0.6) is 0 Å². The van der Waals surface area contributed by atoms with Crippen molar-refractivity contribution in [2.24, 2.45) is 0 Å². The molecular formula is C25H25N3O3S. The van der Waals surface area contributed by atoms with Gasteiger partial charge in [-0.3, -0.25) is 24.3 Å². The summed E-state index contributed by atoms with van der Waals surface area (Å²) in [6, 6.07) is 13.1. The van der Waals surface area contributed by atoms with Crippen LogP contribution < -0.4 is 0 Å². The van der Waals surface area contributed by atoms with E-state index in [0.717, 1.165) is 22.3 Å². The van der Waals surface area contributed by atoms with Gasteiger partial charge in [-0.1, -0.05) is 30.3 Å². The Labute approximate surface area is 191 Å². The quantitative estimate of drug-likeness (QED) is 0.518. The summed E-state index contributed by atoms with van der Waals surface area (Å²) in [4.78, 5) is 47.1. The van der Waals surface area contributed by atoms with Gasteiger partial charge in [0.1, 0.15) is 0 Å². The molecule has 2 aromatic heterocycles. The van der Waals surface area contributed by atoms with E-state index < -0.39 is 5.41 Å². The van der Waals surface area contributed by atoms with Crippen molar-refractivity contribution in [3.8, 4) is 0 Å². The second-order valence-corrected chi connectivity index (χ2v) is 9.06. The zero-order chi connectivity index (χ0) is 22.7. The van der Waals surface area contributed by atoms with E-state index in [1.54, 1.807) is 41.7 Å². The minimum atomic E-state index is -1.20. The largest absolute Gasteiger partial charge is 0.341 e. The van der Waals surface area contributed by atoms with Crippen molar-refractivity contribution in [2.75, 3.05) is 7.05 Å². The molecule has 0 bridgehead atoms. The van der Waals surface area contributed by atoms with E-state index in [0.29, 0.717) is 6.54 Å². The molecule has 3 amide bonds. The van der Waals surface area contributed by atoms with Crippen LogP contribution in [0.4, 0.5) is 0 Å². The topological polar surface area (TPSA) is 70.6 Å². The Hall–Kier alpha value is -3.32. The number of hydrogen-bond donors (Lipinski definition) is 0. The summed E-state index contributed by atoms with van der Waals surface area (Å²) in [5, 5.41) is 3.97. The summed E-state index contributed by atoms with van der Waals surface area (Å²) in [5.74, 6) is -0.753. The maximum atomic E-state index is 13.8. The standard InChI is InChI=1S/C25H25N3O3S/c1-18-6-3-4-8-21(18)25(12-22(29)27(2)15-20-9-11-32-17-20)13-23(30)28(24(25)31)16-19-7-5-10-26-14-19/h3-11,14,17H,12-13,15-16H2,1-2H3/t25-/m1/s1.